The third-order valence-electron chi connectivity index (χ3n) is 1.79. The van der Waals surface area contributed by atoms with Crippen molar-refractivity contribution in [2.24, 2.45) is 0 Å². The van der Waals surface area contributed by atoms with Crippen molar-refractivity contribution >= 4 is 14.1 Å². The van der Waals surface area contributed by atoms with Crippen LogP contribution in [0.3, 0.4) is 0 Å². The molecule has 1 rings (SSSR count). The van der Waals surface area contributed by atoms with Gasteiger partial charge in [-0.15, -0.1) is 0 Å². The number of hydrogen-bond acceptors (Lipinski definition) is 5. The van der Waals surface area contributed by atoms with E-state index in [1.807, 2.05) is 0 Å². The van der Waals surface area contributed by atoms with E-state index in [-0.39, 0.29) is 19.0 Å². The summed E-state index contributed by atoms with van der Waals surface area (Å²) in [5.74, 6) is 0.278. The van der Waals surface area contributed by atoms with Crippen molar-refractivity contribution in [3.05, 3.63) is 29.8 Å². The van der Waals surface area contributed by atoms with Crippen LogP contribution in [0.2, 0.25) is 0 Å². The Hall–Kier alpha value is -1.16. The SMILES string of the molecule is CCOP(=O)(OCC)Oc1cccc(C=O)c1. The van der Waals surface area contributed by atoms with E-state index in [0.717, 1.165) is 0 Å². The first-order valence-corrected chi connectivity index (χ1v) is 6.73. The van der Waals surface area contributed by atoms with Crippen LogP contribution in [0.15, 0.2) is 24.3 Å². The summed E-state index contributed by atoms with van der Waals surface area (Å²) in [6.07, 6.45) is 0.680. The highest BCUT2D eigenvalue weighted by molar-refractivity contribution is 7.48. The van der Waals surface area contributed by atoms with Crippen LogP contribution >= 0.6 is 7.82 Å². The van der Waals surface area contributed by atoms with Crippen molar-refractivity contribution in [1.29, 1.82) is 0 Å². The molecule has 0 saturated carbocycles. The smallest absolute Gasteiger partial charge is 0.404 e. The van der Waals surface area contributed by atoms with Gasteiger partial charge in [0, 0.05) is 5.56 Å². The molecule has 0 aliphatic heterocycles. The molecule has 17 heavy (non-hydrogen) atoms. The summed E-state index contributed by atoms with van der Waals surface area (Å²) < 4.78 is 27.1. The van der Waals surface area contributed by atoms with Gasteiger partial charge in [-0.1, -0.05) is 12.1 Å². The summed E-state index contributed by atoms with van der Waals surface area (Å²) in [6.45, 7) is 3.81. The fourth-order valence-corrected chi connectivity index (χ4v) is 2.36. The number of rotatable bonds is 7. The lowest BCUT2D eigenvalue weighted by Gasteiger charge is -2.16. The fraction of sp³-hybridized carbons (Fsp3) is 0.364. The van der Waals surface area contributed by atoms with Gasteiger partial charge in [0.25, 0.3) is 0 Å². The average molecular weight is 258 g/mol. The summed E-state index contributed by atoms with van der Waals surface area (Å²) in [6, 6.07) is 6.29. The summed E-state index contributed by atoms with van der Waals surface area (Å²) in [5, 5.41) is 0. The van der Waals surface area contributed by atoms with E-state index < -0.39 is 7.82 Å². The van der Waals surface area contributed by atoms with Gasteiger partial charge in [0.15, 0.2) is 0 Å². The van der Waals surface area contributed by atoms with Crippen molar-refractivity contribution in [3.8, 4) is 5.75 Å². The largest absolute Gasteiger partial charge is 0.530 e. The standard InChI is InChI=1S/C11H15O5P/c1-3-14-17(13,15-4-2)16-11-7-5-6-10(8-11)9-12/h5-9H,3-4H2,1-2H3. The van der Waals surface area contributed by atoms with Crippen LogP contribution in [0.25, 0.3) is 0 Å². The second kappa shape index (κ2) is 6.55. The second-order valence-corrected chi connectivity index (χ2v) is 4.66. The van der Waals surface area contributed by atoms with E-state index in [4.69, 9.17) is 13.6 Å². The molecule has 0 fully saturated rings. The molecular weight excluding hydrogens is 243 g/mol. The molecular formula is C11H15O5P. The molecule has 0 saturated heterocycles. The van der Waals surface area contributed by atoms with Crippen molar-refractivity contribution in [3.63, 3.8) is 0 Å². The van der Waals surface area contributed by atoms with Gasteiger partial charge in [-0.3, -0.25) is 13.8 Å². The highest BCUT2D eigenvalue weighted by Crippen LogP contribution is 2.49. The van der Waals surface area contributed by atoms with Crippen molar-refractivity contribution < 1.29 is 22.9 Å². The highest BCUT2D eigenvalue weighted by atomic mass is 31.2. The Morgan fingerprint density at radius 3 is 2.41 bits per heavy atom. The molecule has 0 atom stereocenters. The van der Waals surface area contributed by atoms with Gasteiger partial charge in [-0.05, 0) is 26.0 Å². The highest BCUT2D eigenvalue weighted by Gasteiger charge is 2.27. The quantitative estimate of drug-likeness (QED) is 0.555. The molecule has 0 aromatic heterocycles. The molecule has 0 amide bonds. The molecule has 1 aromatic rings. The monoisotopic (exact) mass is 258 g/mol. The molecule has 0 aliphatic carbocycles. The molecule has 0 radical (unpaired) electrons. The number of carbonyl (C=O) groups is 1. The molecule has 0 spiro atoms. The first-order valence-electron chi connectivity index (χ1n) is 5.27. The molecule has 0 N–H and O–H groups in total. The minimum atomic E-state index is -3.59. The first-order chi connectivity index (χ1) is 8.13. The third kappa shape index (κ3) is 4.30. The zero-order valence-electron chi connectivity index (χ0n) is 9.79. The maximum atomic E-state index is 12.0. The normalized spacial score (nSPS) is 11.2. The number of aldehydes is 1. The van der Waals surface area contributed by atoms with Crippen LogP contribution < -0.4 is 4.52 Å². The maximum Gasteiger partial charge on any atom is 0.530 e. The minimum Gasteiger partial charge on any atom is -0.404 e. The fourth-order valence-electron chi connectivity index (χ4n) is 1.18. The maximum absolute atomic E-state index is 12.0. The minimum absolute atomic E-state index is 0.213. The Labute approximate surface area is 100 Å². The van der Waals surface area contributed by atoms with Crippen LogP contribution in [0.4, 0.5) is 0 Å². The van der Waals surface area contributed by atoms with Crippen molar-refractivity contribution in [2.75, 3.05) is 13.2 Å². The lowest BCUT2D eigenvalue weighted by Crippen LogP contribution is -2.02. The van der Waals surface area contributed by atoms with Gasteiger partial charge in [-0.25, -0.2) is 4.57 Å². The van der Waals surface area contributed by atoms with E-state index in [1.165, 1.54) is 6.07 Å². The van der Waals surface area contributed by atoms with E-state index in [2.05, 4.69) is 0 Å². The lowest BCUT2D eigenvalue weighted by molar-refractivity contribution is 0.112. The average Bonchev–Trinajstić information content (AvgIpc) is 2.29. The zero-order chi connectivity index (χ0) is 12.7. The molecule has 0 aliphatic rings. The lowest BCUT2D eigenvalue weighted by atomic mass is 10.2. The van der Waals surface area contributed by atoms with Crippen LogP contribution in [-0.2, 0) is 13.6 Å². The summed E-state index contributed by atoms with van der Waals surface area (Å²) in [5.41, 5.74) is 0.432. The third-order valence-corrected chi connectivity index (χ3v) is 3.37. The summed E-state index contributed by atoms with van der Waals surface area (Å²) >= 11 is 0. The van der Waals surface area contributed by atoms with Gasteiger partial charge in [0.2, 0.25) is 0 Å². The second-order valence-electron chi connectivity index (χ2n) is 3.06. The van der Waals surface area contributed by atoms with Crippen molar-refractivity contribution in [2.45, 2.75) is 13.8 Å². The van der Waals surface area contributed by atoms with Crippen LogP contribution in [0.1, 0.15) is 24.2 Å². The number of hydrogen-bond donors (Lipinski definition) is 0. The van der Waals surface area contributed by atoms with Gasteiger partial charge < -0.3 is 4.52 Å². The molecule has 0 unspecified atom stereocenters. The molecule has 94 valence electrons. The number of carbonyl (C=O) groups excluding carboxylic acids is 1. The number of phosphoric ester groups is 1. The van der Waals surface area contributed by atoms with E-state index >= 15 is 0 Å². The zero-order valence-corrected chi connectivity index (χ0v) is 10.7. The van der Waals surface area contributed by atoms with Crippen LogP contribution in [0.5, 0.6) is 5.75 Å². The Balaban J connectivity index is 2.85. The molecule has 6 heteroatoms. The van der Waals surface area contributed by atoms with Gasteiger partial charge in [0.1, 0.15) is 12.0 Å². The van der Waals surface area contributed by atoms with E-state index in [9.17, 15) is 9.36 Å². The van der Waals surface area contributed by atoms with Crippen molar-refractivity contribution in [1.82, 2.24) is 0 Å². The van der Waals surface area contributed by atoms with E-state index in [1.54, 1.807) is 32.0 Å². The van der Waals surface area contributed by atoms with Gasteiger partial charge in [-0.2, -0.15) is 0 Å². The summed E-state index contributed by atoms with van der Waals surface area (Å²) in [7, 11) is -3.59. The van der Waals surface area contributed by atoms with Gasteiger partial charge >= 0.3 is 7.82 Å². The van der Waals surface area contributed by atoms with Crippen LogP contribution in [0, 0.1) is 0 Å². The predicted molar refractivity (Wildman–Crippen MR) is 63.3 cm³/mol. The number of benzene rings is 1. The Morgan fingerprint density at radius 2 is 1.88 bits per heavy atom. The Morgan fingerprint density at radius 1 is 1.24 bits per heavy atom. The molecule has 5 nitrogen and oxygen atoms in total. The predicted octanol–water partition coefficient (Wildman–Crippen LogP) is 3.06. The van der Waals surface area contributed by atoms with E-state index in [0.29, 0.717) is 11.8 Å². The Bertz CT molecular complexity index is 408. The van der Waals surface area contributed by atoms with Crippen LogP contribution in [-0.4, -0.2) is 19.5 Å². The first kappa shape index (κ1) is 13.9. The number of phosphoric acid groups is 1. The molecule has 0 bridgehead atoms. The molecule has 0 heterocycles. The summed E-state index contributed by atoms with van der Waals surface area (Å²) in [4.78, 5) is 10.6. The Kier molecular flexibility index (Phi) is 5.35. The van der Waals surface area contributed by atoms with Gasteiger partial charge in [0.05, 0.1) is 13.2 Å². The topological polar surface area (TPSA) is 61.8 Å². The molecule has 1 aromatic carbocycles.